The van der Waals surface area contributed by atoms with Crippen molar-refractivity contribution in [3.05, 3.63) is 80.3 Å². The van der Waals surface area contributed by atoms with Crippen LogP contribution in [0.2, 0.25) is 5.02 Å². The standard InChI is InChI=1S/C18H14ClFN4O4/c1-9-14(17(25)22-10-4-2-5-11(8-10)24(27)28)16(23-18(26)21-9)15-12(19)6-3-7-13(15)20/h2-8,16H,1H3,(H,22,25)(H2,21,23,26)/t16-/m1/s1. The number of nitrogens with zero attached hydrogens (tertiary/aromatic N) is 1. The van der Waals surface area contributed by atoms with Crippen LogP contribution in [-0.2, 0) is 4.79 Å². The zero-order chi connectivity index (χ0) is 20.4. The number of nitrogens with one attached hydrogen (secondary N) is 3. The Bertz CT molecular complexity index is 1000. The van der Waals surface area contributed by atoms with Gasteiger partial charge in [0.2, 0.25) is 0 Å². The summed E-state index contributed by atoms with van der Waals surface area (Å²) >= 11 is 6.10. The number of non-ortho nitro benzene ring substituents is 1. The molecule has 1 aliphatic heterocycles. The Labute approximate surface area is 163 Å². The fraction of sp³-hybridized carbons (Fsp3) is 0.111. The maximum Gasteiger partial charge on any atom is 0.319 e. The third-order valence-electron chi connectivity index (χ3n) is 4.12. The van der Waals surface area contributed by atoms with Crippen molar-refractivity contribution in [1.29, 1.82) is 0 Å². The van der Waals surface area contributed by atoms with E-state index in [4.69, 9.17) is 11.6 Å². The predicted molar refractivity (Wildman–Crippen MR) is 100 cm³/mol. The van der Waals surface area contributed by atoms with E-state index >= 15 is 0 Å². The third kappa shape index (κ3) is 3.79. The van der Waals surface area contributed by atoms with E-state index < -0.39 is 28.7 Å². The molecule has 0 saturated carbocycles. The van der Waals surface area contributed by atoms with Crippen molar-refractivity contribution < 1.29 is 18.9 Å². The zero-order valence-electron chi connectivity index (χ0n) is 14.5. The summed E-state index contributed by atoms with van der Waals surface area (Å²) in [5.74, 6) is -1.36. The highest BCUT2D eigenvalue weighted by Crippen LogP contribution is 2.34. The normalized spacial score (nSPS) is 16.2. The molecule has 0 radical (unpaired) electrons. The molecule has 10 heteroatoms. The first-order valence-electron chi connectivity index (χ1n) is 8.06. The number of nitro benzene ring substituents is 1. The van der Waals surface area contributed by atoms with Gasteiger partial charge in [-0.15, -0.1) is 0 Å². The van der Waals surface area contributed by atoms with Gasteiger partial charge in [0.25, 0.3) is 11.6 Å². The number of rotatable bonds is 4. The highest BCUT2D eigenvalue weighted by Gasteiger charge is 2.34. The van der Waals surface area contributed by atoms with Gasteiger partial charge in [0.1, 0.15) is 5.82 Å². The highest BCUT2D eigenvalue weighted by molar-refractivity contribution is 6.31. The summed E-state index contributed by atoms with van der Waals surface area (Å²) in [6.07, 6.45) is 0. The second kappa shape index (κ2) is 7.65. The van der Waals surface area contributed by atoms with E-state index in [1.54, 1.807) is 0 Å². The highest BCUT2D eigenvalue weighted by atomic mass is 35.5. The Balaban J connectivity index is 2.00. The summed E-state index contributed by atoms with van der Waals surface area (Å²) < 4.78 is 14.4. The number of nitro groups is 1. The van der Waals surface area contributed by atoms with E-state index in [-0.39, 0.29) is 33.2 Å². The molecule has 1 heterocycles. The van der Waals surface area contributed by atoms with Crippen LogP contribution < -0.4 is 16.0 Å². The van der Waals surface area contributed by atoms with Crippen molar-refractivity contribution in [2.75, 3.05) is 5.32 Å². The minimum absolute atomic E-state index is 0.0260. The third-order valence-corrected chi connectivity index (χ3v) is 4.45. The van der Waals surface area contributed by atoms with Gasteiger partial charge in [-0.1, -0.05) is 23.7 Å². The molecule has 144 valence electrons. The minimum Gasteiger partial charge on any atom is -0.327 e. The number of urea groups is 1. The second-order valence-electron chi connectivity index (χ2n) is 5.97. The van der Waals surface area contributed by atoms with Gasteiger partial charge in [0.15, 0.2) is 0 Å². The molecule has 3 rings (SSSR count). The lowest BCUT2D eigenvalue weighted by atomic mass is 9.94. The van der Waals surface area contributed by atoms with Crippen LogP contribution in [0.3, 0.4) is 0 Å². The number of allylic oxidation sites excluding steroid dienone is 1. The van der Waals surface area contributed by atoms with Crippen LogP contribution in [-0.4, -0.2) is 16.9 Å². The Hall–Kier alpha value is -3.46. The molecule has 2 aromatic carbocycles. The summed E-state index contributed by atoms with van der Waals surface area (Å²) in [5.41, 5.74) is 0.152. The fourth-order valence-electron chi connectivity index (χ4n) is 2.89. The van der Waals surface area contributed by atoms with E-state index in [0.29, 0.717) is 0 Å². The number of halogens is 2. The molecule has 0 fully saturated rings. The molecule has 1 atom stereocenters. The van der Waals surface area contributed by atoms with E-state index in [0.717, 1.165) is 0 Å². The first kappa shape index (κ1) is 19.3. The molecule has 0 bridgehead atoms. The van der Waals surface area contributed by atoms with Crippen molar-refractivity contribution in [1.82, 2.24) is 10.6 Å². The maximum absolute atomic E-state index is 14.4. The van der Waals surface area contributed by atoms with Gasteiger partial charge in [-0.25, -0.2) is 9.18 Å². The van der Waals surface area contributed by atoms with Crippen LogP contribution >= 0.6 is 11.6 Å². The first-order chi connectivity index (χ1) is 13.3. The molecule has 2 aromatic rings. The van der Waals surface area contributed by atoms with Gasteiger partial charge >= 0.3 is 6.03 Å². The second-order valence-corrected chi connectivity index (χ2v) is 6.37. The van der Waals surface area contributed by atoms with Crippen LogP contribution in [0.1, 0.15) is 18.5 Å². The molecule has 3 N–H and O–H groups in total. The van der Waals surface area contributed by atoms with Crippen LogP contribution in [0.5, 0.6) is 0 Å². The van der Waals surface area contributed by atoms with Gasteiger partial charge in [-0.05, 0) is 25.1 Å². The van der Waals surface area contributed by atoms with Crippen LogP contribution in [0, 0.1) is 15.9 Å². The number of amides is 3. The van der Waals surface area contributed by atoms with Crippen LogP contribution in [0.25, 0.3) is 0 Å². The van der Waals surface area contributed by atoms with Gasteiger partial charge in [-0.3, -0.25) is 14.9 Å². The summed E-state index contributed by atoms with van der Waals surface area (Å²) in [6.45, 7) is 1.49. The molecule has 28 heavy (non-hydrogen) atoms. The molecule has 1 aliphatic rings. The number of hydrogen-bond donors (Lipinski definition) is 3. The Morgan fingerprint density at radius 3 is 2.68 bits per heavy atom. The quantitative estimate of drug-likeness (QED) is 0.533. The van der Waals surface area contributed by atoms with E-state index in [1.165, 1.54) is 49.4 Å². The lowest BCUT2D eigenvalue weighted by molar-refractivity contribution is -0.384. The lowest BCUT2D eigenvalue weighted by Crippen LogP contribution is -2.46. The maximum atomic E-state index is 14.4. The van der Waals surface area contributed by atoms with Crippen LogP contribution in [0.15, 0.2) is 53.7 Å². The average Bonchev–Trinajstić information content (AvgIpc) is 2.61. The lowest BCUT2D eigenvalue weighted by Gasteiger charge is -2.29. The minimum atomic E-state index is -1.14. The van der Waals surface area contributed by atoms with Crippen molar-refractivity contribution in [2.45, 2.75) is 13.0 Å². The molecule has 0 aromatic heterocycles. The predicted octanol–water partition coefficient (Wildman–Crippen LogP) is 3.65. The molecular weight excluding hydrogens is 391 g/mol. The molecule has 0 spiro atoms. The SMILES string of the molecule is CC1=C(C(=O)Nc2cccc([N+](=O)[O-])c2)[C@H](c2c(F)cccc2Cl)NC(=O)N1. The molecule has 0 saturated heterocycles. The molecule has 8 nitrogen and oxygen atoms in total. The molecule has 0 unspecified atom stereocenters. The number of hydrogen-bond acceptors (Lipinski definition) is 4. The molecule has 0 aliphatic carbocycles. The molecule has 3 amide bonds. The number of benzene rings is 2. The summed E-state index contributed by atoms with van der Waals surface area (Å²) in [4.78, 5) is 35.1. The number of carbonyl (C=O) groups excluding carboxylic acids is 2. The van der Waals surface area contributed by atoms with Gasteiger partial charge in [0.05, 0.1) is 16.5 Å². The average molecular weight is 405 g/mol. The van der Waals surface area contributed by atoms with Gasteiger partial charge in [0, 0.05) is 34.1 Å². The summed E-state index contributed by atoms with van der Waals surface area (Å²) in [6, 6.07) is 7.62. The summed E-state index contributed by atoms with van der Waals surface area (Å²) in [5, 5.41) is 18.4. The Kier molecular flexibility index (Phi) is 5.27. The topological polar surface area (TPSA) is 113 Å². The largest absolute Gasteiger partial charge is 0.327 e. The van der Waals surface area contributed by atoms with Crippen molar-refractivity contribution >= 4 is 34.9 Å². The Morgan fingerprint density at radius 1 is 1.29 bits per heavy atom. The first-order valence-corrected chi connectivity index (χ1v) is 8.43. The molecular formula is C18H14ClFN4O4. The van der Waals surface area contributed by atoms with Gasteiger partial charge < -0.3 is 16.0 Å². The monoisotopic (exact) mass is 404 g/mol. The smallest absolute Gasteiger partial charge is 0.319 e. The number of carbonyl (C=O) groups is 2. The van der Waals surface area contributed by atoms with Gasteiger partial charge in [-0.2, -0.15) is 0 Å². The van der Waals surface area contributed by atoms with Crippen molar-refractivity contribution in [3.63, 3.8) is 0 Å². The van der Waals surface area contributed by atoms with E-state index in [9.17, 15) is 24.1 Å². The summed E-state index contributed by atoms with van der Waals surface area (Å²) in [7, 11) is 0. The zero-order valence-corrected chi connectivity index (χ0v) is 15.2. The van der Waals surface area contributed by atoms with E-state index in [1.807, 2.05) is 0 Å². The van der Waals surface area contributed by atoms with E-state index in [2.05, 4.69) is 16.0 Å². The number of anilines is 1. The Morgan fingerprint density at radius 2 is 2.00 bits per heavy atom. The van der Waals surface area contributed by atoms with Crippen molar-refractivity contribution in [2.24, 2.45) is 0 Å². The fourth-order valence-corrected chi connectivity index (χ4v) is 3.17. The van der Waals surface area contributed by atoms with Crippen LogP contribution in [0.4, 0.5) is 20.6 Å². The van der Waals surface area contributed by atoms with Crippen molar-refractivity contribution in [3.8, 4) is 0 Å².